The van der Waals surface area contributed by atoms with Crippen molar-refractivity contribution < 1.29 is 9.90 Å². The Hall–Kier alpha value is -1.28. The lowest BCUT2D eigenvalue weighted by Crippen LogP contribution is -2.22. The van der Waals surface area contributed by atoms with Crippen LogP contribution in [0.1, 0.15) is 39.7 Å². The normalized spacial score (nSPS) is 13.3. The third kappa shape index (κ3) is 4.34. The Balaban J connectivity index is 2.36. The summed E-state index contributed by atoms with van der Waals surface area (Å²) in [4.78, 5) is 11.2. The number of aliphatic carboxylic acids is 1. The summed E-state index contributed by atoms with van der Waals surface area (Å²) in [6.07, 6.45) is 0.684. The second-order valence-electron chi connectivity index (χ2n) is 6.10. The van der Waals surface area contributed by atoms with E-state index in [0.29, 0.717) is 12.2 Å². The highest BCUT2D eigenvalue weighted by molar-refractivity contribution is 9.11. The molecule has 0 radical (unpaired) electrons. The van der Waals surface area contributed by atoms with Crippen LogP contribution in [0.25, 0.3) is 11.4 Å². The first-order valence-electron chi connectivity index (χ1n) is 6.50. The highest BCUT2D eigenvalue weighted by atomic mass is 79.9. The number of halogens is 1. The van der Waals surface area contributed by atoms with E-state index < -0.39 is 5.97 Å². The zero-order valence-corrected chi connectivity index (χ0v) is 14.5. The fraction of sp³-hybridized carbons (Fsp3) is 0.538. The summed E-state index contributed by atoms with van der Waals surface area (Å²) >= 11 is 4.96. The summed E-state index contributed by atoms with van der Waals surface area (Å²) in [6.45, 7) is 6.23. The summed E-state index contributed by atoms with van der Waals surface area (Å²) in [7, 11) is 0. The predicted octanol–water partition coefficient (Wildman–Crippen LogP) is 3.62. The van der Waals surface area contributed by atoms with Gasteiger partial charge in [-0.3, -0.25) is 4.79 Å². The predicted molar refractivity (Wildman–Crippen MR) is 84.2 cm³/mol. The third-order valence-electron chi connectivity index (χ3n) is 2.92. The second-order valence-corrected chi connectivity index (χ2v) is 8.39. The molecule has 0 aliphatic rings. The van der Waals surface area contributed by atoms with Gasteiger partial charge in [-0.25, -0.2) is 4.68 Å². The number of rotatable bonds is 5. The molecule has 0 fully saturated rings. The number of nitrogens with zero attached hydrogens (tertiary/aromatic N) is 4. The van der Waals surface area contributed by atoms with E-state index in [4.69, 9.17) is 5.11 Å². The molecule has 8 heteroatoms. The van der Waals surface area contributed by atoms with Crippen LogP contribution < -0.4 is 0 Å². The average molecular weight is 373 g/mol. The third-order valence-corrected chi connectivity index (χ3v) is 4.43. The topological polar surface area (TPSA) is 80.9 Å². The van der Waals surface area contributed by atoms with Gasteiger partial charge < -0.3 is 5.11 Å². The molecule has 0 amide bonds. The Labute approximate surface area is 135 Å². The van der Waals surface area contributed by atoms with Crippen molar-refractivity contribution in [3.05, 3.63) is 15.2 Å². The molecule has 1 N–H and O–H groups in total. The molecule has 0 aliphatic heterocycles. The van der Waals surface area contributed by atoms with Crippen molar-refractivity contribution in [2.45, 2.75) is 39.7 Å². The lowest BCUT2D eigenvalue weighted by Gasteiger charge is -2.25. The second kappa shape index (κ2) is 6.23. The lowest BCUT2D eigenvalue weighted by atomic mass is 9.87. The van der Waals surface area contributed by atoms with Crippen LogP contribution in [0.5, 0.6) is 0 Å². The average Bonchev–Trinajstić information content (AvgIpc) is 2.93. The van der Waals surface area contributed by atoms with Gasteiger partial charge in [-0.15, -0.1) is 16.4 Å². The maximum Gasteiger partial charge on any atom is 0.305 e. The zero-order chi connectivity index (χ0) is 15.6. The molecule has 1 unspecified atom stereocenters. The number of carboxylic acids is 1. The first kappa shape index (κ1) is 16.1. The highest BCUT2D eigenvalue weighted by Gasteiger charge is 2.26. The summed E-state index contributed by atoms with van der Waals surface area (Å²) in [6, 6.07) is 1.66. The number of carbonyl (C=O) groups is 1. The maximum absolute atomic E-state index is 11.2. The molecule has 6 nitrogen and oxygen atoms in total. The Morgan fingerprint density at radius 1 is 1.52 bits per heavy atom. The molecule has 0 spiro atoms. The van der Waals surface area contributed by atoms with E-state index in [-0.39, 0.29) is 17.9 Å². The summed E-state index contributed by atoms with van der Waals surface area (Å²) in [5.74, 6) is -0.246. The molecular weight excluding hydrogens is 356 g/mol. The van der Waals surface area contributed by atoms with E-state index in [1.54, 1.807) is 16.0 Å². The van der Waals surface area contributed by atoms with Gasteiger partial charge in [0.2, 0.25) is 0 Å². The van der Waals surface area contributed by atoms with Crippen LogP contribution in [0.15, 0.2) is 15.2 Å². The van der Waals surface area contributed by atoms with Gasteiger partial charge in [0, 0.05) is 10.9 Å². The molecule has 0 saturated carbocycles. The van der Waals surface area contributed by atoms with Crippen molar-refractivity contribution in [3.8, 4) is 11.4 Å². The van der Waals surface area contributed by atoms with E-state index in [0.717, 1.165) is 9.35 Å². The fourth-order valence-corrected chi connectivity index (χ4v) is 3.35. The van der Waals surface area contributed by atoms with Crippen LogP contribution in [-0.2, 0) is 4.79 Å². The molecule has 0 bridgehead atoms. The van der Waals surface area contributed by atoms with E-state index in [1.807, 2.05) is 11.4 Å². The van der Waals surface area contributed by atoms with Crippen molar-refractivity contribution in [1.82, 2.24) is 20.2 Å². The number of thiophene rings is 1. The van der Waals surface area contributed by atoms with E-state index in [2.05, 4.69) is 52.2 Å². The number of carboxylic acid groups (broad SMARTS) is 1. The van der Waals surface area contributed by atoms with Gasteiger partial charge in [0.05, 0.1) is 16.2 Å². The molecule has 0 saturated heterocycles. The fourth-order valence-electron chi connectivity index (χ4n) is 2.21. The number of tetrazole rings is 1. The van der Waals surface area contributed by atoms with Crippen LogP contribution in [0.2, 0.25) is 0 Å². The van der Waals surface area contributed by atoms with Crippen molar-refractivity contribution in [1.29, 1.82) is 0 Å². The van der Waals surface area contributed by atoms with Crippen molar-refractivity contribution in [2.24, 2.45) is 5.41 Å². The molecule has 0 aromatic carbocycles. The lowest BCUT2D eigenvalue weighted by molar-refractivity contribution is -0.138. The monoisotopic (exact) mass is 372 g/mol. The van der Waals surface area contributed by atoms with Crippen molar-refractivity contribution >= 4 is 33.2 Å². The first-order chi connectivity index (χ1) is 9.76. The van der Waals surface area contributed by atoms with E-state index >= 15 is 0 Å². The van der Waals surface area contributed by atoms with E-state index in [9.17, 15) is 4.79 Å². The first-order valence-corrected chi connectivity index (χ1v) is 8.17. The van der Waals surface area contributed by atoms with E-state index in [1.165, 1.54) is 0 Å². The molecule has 0 aliphatic carbocycles. The van der Waals surface area contributed by atoms with Crippen LogP contribution >= 0.6 is 27.3 Å². The van der Waals surface area contributed by atoms with Gasteiger partial charge in [-0.05, 0) is 44.3 Å². The maximum atomic E-state index is 11.2. The largest absolute Gasteiger partial charge is 0.481 e. The Kier molecular flexibility index (Phi) is 4.77. The molecule has 2 aromatic rings. The van der Waals surface area contributed by atoms with Gasteiger partial charge in [0.1, 0.15) is 0 Å². The molecule has 21 heavy (non-hydrogen) atoms. The number of hydrogen-bond donors (Lipinski definition) is 1. The van der Waals surface area contributed by atoms with Gasteiger partial charge in [-0.2, -0.15) is 0 Å². The summed E-state index contributed by atoms with van der Waals surface area (Å²) < 4.78 is 2.62. The van der Waals surface area contributed by atoms with Crippen molar-refractivity contribution in [2.75, 3.05) is 0 Å². The SMILES string of the molecule is CC(C)(C)CC(CC(=O)O)n1nnnc1-c1csc(Br)c1. The zero-order valence-electron chi connectivity index (χ0n) is 12.1. The Bertz CT molecular complexity index is 632. The highest BCUT2D eigenvalue weighted by Crippen LogP contribution is 2.33. The molecular formula is C13H17BrN4O2S. The van der Waals surface area contributed by atoms with Gasteiger partial charge >= 0.3 is 5.97 Å². The molecule has 2 rings (SSSR count). The van der Waals surface area contributed by atoms with Crippen LogP contribution in [0.3, 0.4) is 0 Å². The van der Waals surface area contributed by atoms with Crippen molar-refractivity contribution in [3.63, 3.8) is 0 Å². The quantitative estimate of drug-likeness (QED) is 0.866. The van der Waals surface area contributed by atoms with Gasteiger partial charge in [0.25, 0.3) is 0 Å². The molecule has 114 valence electrons. The number of hydrogen-bond acceptors (Lipinski definition) is 5. The summed E-state index contributed by atoms with van der Waals surface area (Å²) in [5.41, 5.74) is 0.875. The molecule has 2 aromatic heterocycles. The number of aromatic nitrogens is 4. The van der Waals surface area contributed by atoms with Crippen LogP contribution in [0, 0.1) is 5.41 Å². The standard InChI is InChI=1S/C13H17BrN4O2S/c1-13(2,3)6-9(5-11(19)20)18-12(15-16-17-18)8-4-10(14)21-7-8/h4,7,9H,5-6H2,1-3H3,(H,19,20). The smallest absolute Gasteiger partial charge is 0.305 e. The Morgan fingerprint density at radius 2 is 2.24 bits per heavy atom. The minimum atomic E-state index is -0.850. The van der Waals surface area contributed by atoms with Gasteiger partial charge in [0.15, 0.2) is 5.82 Å². The van der Waals surface area contributed by atoms with Crippen LogP contribution in [-0.4, -0.2) is 31.3 Å². The Morgan fingerprint density at radius 3 is 2.76 bits per heavy atom. The minimum absolute atomic E-state index is 0.000612. The van der Waals surface area contributed by atoms with Crippen LogP contribution in [0.4, 0.5) is 0 Å². The van der Waals surface area contributed by atoms with Gasteiger partial charge in [-0.1, -0.05) is 20.8 Å². The molecule has 1 atom stereocenters. The molecule has 2 heterocycles. The summed E-state index contributed by atoms with van der Waals surface area (Å²) in [5, 5.41) is 22.9. The minimum Gasteiger partial charge on any atom is -0.481 e.